The van der Waals surface area contributed by atoms with Crippen LogP contribution in [0, 0.1) is 5.92 Å². The van der Waals surface area contributed by atoms with Gasteiger partial charge in [-0.25, -0.2) is 9.59 Å². The maximum Gasteiger partial charge on any atom is 0.329 e. The summed E-state index contributed by atoms with van der Waals surface area (Å²) in [5.41, 5.74) is 0. The van der Waals surface area contributed by atoms with E-state index in [-0.39, 0.29) is 0 Å². The molecule has 640 valence electrons. The summed E-state index contributed by atoms with van der Waals surface area (Å²) in [6, 6.07) is 0. The van der Waals surface area contributed by atoms with Gasteiger partial charge in [-0.2, -0.15) is 0 Å². The van der Waals surface area contributed by atoms with Gasteiger partial charge in [-0.15, -0.1) is 0 Å². The molecule has 45 atom stereocenters. The highest BCUT2D eigenvalue weighted by molar-refractivity contribution is 5.68. The van der Waals surface area contributed by atoms with E-state index in [0.717, 1.165) is 0 Å². The summed E-state index contributed by atoms with van der Waals surface area (Å²) >= 11 is 0. The van der Waals surface area contributed by atoms with Crippen LogP contribution in [0.4, 0.5) is 0 Å². The van der Waals surface area contributed by atoms with Gasteiger partial charge in [0.05, 0.1) is 65.6 Å². The molecular weight excluding hydrogens is 1520 g/mol. The van der Waals surface area contributed by atoms with Crippen LogP contribution >= 0.6 is 0 Å². The first-order valence-electron chi connectivity index (χ1n) is 35.0. The van der Waals surface area contributed by atoms with E-state index in [1.807, 2.05) is 0 Å². The fourth-order valence-corrected chi connectivity index (χ4v) is 14.0. The Morgan fingerprint density at radius 3 is 0.836 bits per heavy atom. The lowest BCUT2D eigenvalue weighted by atomic mass is 9.89. The van der Waals surface area contributed by atoms with Gasteiger partial charge in [-0.3, -0.25) is 0 Å². The molecule has 9 fully saturated rings. The average molecular weight is 1620 g/mol. The second kappa shape index (κ2) is 40.1. The van der Waals surface area contributed by atoms with Crippen LogP contribution in [0.5, 0.6) is 0 Å². The van der Waals surface area contributed by atoms with Crippen molar-refractivity contribution in [3.8, 4) is 0 Å². The molecule has 110 heavy (non-hydrogen) atoms. The molecule has 0 aromatic carbocycles. The molecule has 0 bridgehead atoms. The van der Waals surface area contributed by atoms with Crippen LogP contribution in [-0.2, 0) is 99.6 Å². The molecule has 28 N–H and O–H groups in total. The number of hydrogen-bond donors (Lipinski definition) is 28. The van der Waals surface area contributed by atoms with E-state index in [1.165, 1.54) is 0 Å². The zero-order valence-electron chi connectivity index (χ0n) is 58.4. The van der Waals surface area contributed by atoms with Crippen LogP contribution in [-0.4, -0.2) is 504 Å². The summed E-state index contributed by atoms with van der Waals surface area (Å²) in [5.74, 6) is -3.53. The molecule has 0 spiro atoms. The van der Waals surface area contributed by atoms with Gasteiger partial charge in [-0.1, -0.05) is 13.8 Å². The van der Waals surface area contributed by atoms with E-state index in [0.29, 0.717) is 0 Å². The molecule has 0 amide bonds. The van der Waals surface area contributed by atoms with Crippen molar-refractivity contribution in [1.82, 2.24) is 0 Å². The van der Waals surface area contributed by atoms with Crippen molar-refractivity contribution in [1.29, 1.82) is 0 Å². The van der Waals surface area contributed by atoms with Crippen molar-refractivity contribution in [2.24, 2.45) is 5.92 Å². The smallest absolute Gasteiger partial charge is 0.329 e. The maximum absolute atomic E-state index is 12.3. The zero-order valence-corrected chi connectivity index (χ0v) is 58.4. The lowest BCUT2D eigenvalue weighted by molar-refractivity contribution is -0.401. The van der Waals surface area contributed by atoms with Gasteiger partial charge in [0.15, 0.2) is 50.3 Å². The van der Waals surface area contributed by atoms with E-state index >= 15 is 0 Å². The Hall–Kier alpha value is -2.86. The third-order valence-electron chi connectivity index (χ3n) is 20.2. The molecule has 0 aromatic heterocycles. The Morgan fingerprint density at radius 2 is 0.509 bits per heavy atom. The van der Waals surface area contributed by atoms with Crippen molar-refractivity contribution in [2.45, 2.75) is 290 Å². The number of rotatable bonds is 32. The van der Waals surface area contributed by atoms with E-state index in [1.54, 1.807) is 13.8 Å². The normalized spacial score (nSPS) is 49.8. The quantitative estimate of drug-likeness (QED) is 0.0297. The molecule has 45 unspecified atom stereocenters. The molecule has 0 aromatic rings. The predicted octanol–water partition coefficient (Wildman–Crippen LogP) is -18.7. The third kappa shape index (κ3) is 19.9. The van der Waals surface area contributed by atoms with Gasteiger partial charge in [0, 0.05) is 0 Å². The van der Waals surface area contributed by atoms with Crippen molar-refractivity contribution >= 4 is 11.9 Å². The van der Waals surface area contributed by atoms with Crippen molar-refractivity contribution in [3.63, 3.8) is 0 Å². The number of carboxylic acid groups (broad SMARTS) is 2. The Labute approximate surface area is 621 Å². The van der Waals surface area contributed by atoms with Gasteiger partial charge in [0.25, 0.3) is 0 Å². The highest BCUT2D eigenvalue weighted by Crippen LogP contribution is 2.40. The monoisotopic (exact) mass is 1620 g/mol. The Balaban J connectivity index is 0.990. The Kier molecular flexibility index (Phi) is 33.2. The molecule has 0 aliphatic carbocycles. The molecule has 49 heteroatoms. The van der Waals surface area contributed by atoms with Crippen LogP contribution < -0.4 is 0 Å². The minimum absolute atomic E-state index is 0.505. The lowest BCUT2D eigenvalue weighted by Crippen LogP contribution is -2.69. The van der Waals surface area contributed by atoms with Crippen molar-refractivity contribution in [2.75, 3.05) is 72.7 Å². The topological polar surface area (TPSA) is 776 Å². The first-order valence-corrected chi connectivity index (χ1v) is 35.0. The van der Waals surface area contributed by atoms with Gasteiger partial charge in [0.1, 0.15) is 233 Å². The van der Waals surface area contributed by atoms with E-state index in [9.17, 15) is 147 Å². The molecular formula is C61H102O49. The molecule has 9 aliphatic rings. The summed E-state index contributed by atoms with van der Waals surface area (Å²) in [6.45, 7) is -8.29. The van der Waals surface area contributed by atoms with Crippen LogP contribution in [0.2, 0.25) is 0 Å². The van der Waals surface area contributed by atoms with Gasteiger partial charge >= 0.3 is 11.9 Å². The van der Waals surface area contributed by atoms with Crippen molar-refractivity contribution < 1.29 is 243 Å². The SMILES string of the molecule is CC(C)C1OC(CO)C(O)C(OC2OC(COCC(=O)O)C(O)C(OC3OC(CO)C(O)C(OC4OC(COC5OC(CO)C(O)C(OC6OC(CO)C(O)C(OC7OC(CO)C(OCC(=O)O)C(O)C7O)C6O)C5O)C(O)C(OC5OC(CO)C(O)C(OC6OC(CO)C(O)C(O)C6O)C5O)C4O)C3O)C2O)C1O. The molecule has 49 nitrogen and oxygen atoms in total. The van der Waals surface area contributed by atoms with E-state index < -0.39 is 367 Å². The first kappa shape index (κ1) is 91.0. The molecule has 9 aliphatic heterocycles. The summed E-state index contributed by atoms with van der Waals surface area (Å²) in [6.07, 6.45) is -94.0. The number of aliphatic carboxylic acids is 2. The molecule has 0 saturated carbocycles. The van der Waals surface area contributed by atoms with Crippen LogP contribution in [0.15, 0.2) is 0 Å². The highest BCUT2D eigenvalue weighted by atomic mass is 16.8. The summed E-state index contributed by atoms with van der Waals surface area (Å²) in [5, 5.41) is 309. The number of carbonyl (C=O) groups is 2. The highest BCUT2D eigenvalue weighted by Gasteiger charge is 2.61. The van der Waals surface area contributed by atoms with Gasteiger partial charge in [-0.05, 0) is 5.92 Å². The van der Waals surface area contributed by atoms with Gasteiger partial charge < -0.3 is 233 Å². The maximum atomic E-state index is 12.3. The first-order chi connectivity index (χ1) is 52.1. The fourth-order valence-electron chi connectivity index (χ4n) is 14.0. The summed E-state index contributed by atoms with van der Waals surface area (Å²) in [7, 11) is 0. The minimum Gasteiger partial charge on any atom is -0.480 e. The van der Waals surface area contributed by atoms with E-state index in [2.05, 4.69) is 0 Å². The summed E-state index contributed by atoms with van der Waals surface area (Å²) < 4.78 is 108. The fraction of sp³-hybridized carbons (Fsp3) is 0.967. The number of carboxylic acids is 2. The summed E-state index contributed by atoms with van der Waals surface area (Å²) in [4.78, 5) is 22.7. The number of aliphatic hydroxyl groups is 26. The van der Waals surface area contributed by atoms with Crippen LogP contribution in [0.1, 0.15) is 13.8 Å². The van der Waals surface area contributed by atoms with E-state index in [4.69, 9.17) is 95.1 Å². The van der Waals surface area contributed by atoms with Crippen LogP contribution in [0.25, 0.3) is 0 Å². The molecule has 9 saturated heterocycles. The van der Waals surface area contributed by atoms with Crippen LogP contribution in [0.3, 0.4) is 0 Å². The molecule has 0 radical (unpaired) electrons. The van der Waals surface area contributed by atoms with Gasteiger partial charge in [0.2, 0.25) is 0 Å². The third-order valence-corrected chi connectivity index (χ3v) is 20.2. The number of ether oxygens (including phenoxy) is 19. The largest absolute Gasteiger partial charge is 0.480 e. The standard InChI is InChI=1S/C61H102O49/c1-14(2)45-38(85)47(27(74)16(4-63)95-45)104-60-43(90)52(32(79)22(102-60)10-92-12-24(69)70)109-59-42(89)51(31(78)20(8-67)100-59)108-61-44(91)53(110-58-40(87)49(29(76)18(6-65)99-58)105-55-36(83)34(81)26(73)15(3-62)97-55)33(80)23(103-61)11-94-54-39(86)48(28(75)17(5-64)96-54)107-57-41(88)50(30(77)19(7-66)98-57)106-56-37(84)35(82)46(21(9-68)101-56)93-13-25(71)72/h14-23,26-68,73-91H,3-13H2,1-2H3,(H,69,70)(H,71,72). The lowest BCUT2D eigenvalue weighted by Gasteiger charge is -2.50. The Morgan fingerprint density at radius 1 is 0.255 bits per heavy atom. The molecule has 9 rings (SSSR count). The second-order valence-corrected chi connectivity index (χ2v) is 27.9. The number of aliphatic hydroxyl groups excluding tert-OH is 26. The zero-order chi connectivity index (χ0) is 80.9. The second-order valence-electron chi connectivity index (χ2n) is 27.9. The average Bonchev–Trinajstić information content (AvgIpc) is 0.776. The Bertz CT molecular complexity index is 2790. The minimum atomic E-state index is -2.57. The molecule has 9 heterocycles. The van der Waals surface area contributed by atoms with Crippen molar-refractivity contribution in [3.05, 3.63) is 0 Å². The predicted molar refractivity (Wildman–Crippen MR) is 332 cm³/mol. The number of hydrogen-bond acceptors (Lipinski definition) is 47.